The van der Waals surface area contributed by atoms with Gasteiger partial charge >= 0.3 is 6.09 Å². The van der Waals surface area contributed by atoms with Crippen LogP contribution in [0.3, 0.4) is 0 Å². The minimum absolute atomic E-state index is 0.585. The average Bonchev–Trinajstić information content (AvgIpc) is 2.58. The molecule has 1 saturated heterocycles. The summed E-state index contributed by atoms with van der Waals surface area (Å²) in [6.07, 6.45) is 0.999. The molecule has 1 aromatic heterocycles. The predicted molar refractivity (Wildman–Crippen MR) is 94.0 cm³/mol. The molecular weight excluding hydrogens is 302 g/mol. The SMILES string of the molecule is Cc1cc(-c2cccnc2C)ccc1CN1CCN(C(=O)O)CC1. The molecule has 5 heteroatoms. The fourth-order valence-corrected chi connectivity index (χ4v) is 3.17. The lowest BCUT2D eigenvalue weighted by Crippen LogP contribution is -2.47. The van der Waals surface area contributed by atoms with E-state index < -0.39 is 6.09 Å². The maximum absolute atomic E-state index is 11.0. The van der Waals surface area contributed by atoms with Gasteiger partial charge in [-0.25, -0.2) is 4.79 Å². The summed E-state index contributed by atoms with van der Waals surface area (Å²) >= 11 is 0. The molecule has 1 aromatic carbocycles. The van der Waals surface area contributed by atoms with Crippen LogP contribution in [-0.4, -0.2) is 52.2 Å². The Labute approximate surface area is 142 Å². The first-order valence-corrected chi connectivity index (χ1v) is 8.26. The highest BCUT2D eigenvalue weighted by atomic mass is 16.4. The fourth-order valence-electron chi connectivity index (χ4n) is 3.17. The Morgan fingerprint density at radius 3 is 2.54 bits per heavy atom. The number of hydrogen-bond donors (Lipinski definition) is 1. The zero-order valence-corrected chi connectivity index (χ0v) is 14.2. The highest BCUT2D eigenvalue weighted by Crippen LogP contribution is 2.25. The van der Waals surface area contributed by atoms with E-state index in [-0.39, 0.29) is 0 Å². The Morgan fingerprint density at radius 1 is 1.17 bits per heavy atom. The lowest BCUT2D eigenvalue weighted by atomic mass is 9.98. The zero-order valence-electron chi connectivity index (χ0n) is 14.2. The van der Waals surface area contributed by atoms with Crippen LogP contribution in [0.1, 0.15) is 16.8 Å². The summed E-state index contributed by atoms with van der Waals surface area (Å²) in [4.78, 5) is 19.1. The second-order valence-electron chi connectivity index (χ2n) is 6.32. The lowest BCUT2D eigenvalue weighted by Gasteiger charge is -2.33. The van der Waals surface area contributed by atoms with Crippen molar-refractivity contribution in [1.29, 1.82) is 0 Å². The molecule has 1 aliphatic rings. The molecule has 126 valence electrons. The molecular formula is C19H23N3O2. The Hall–Kier alpha value is -2.40. The molecule has 5 nitrogen and oxygen atoms in total. The Kier molecular flexibility index (Phi) is 4.81. The van der Waals surface area contributed by atoms with Gasteiger partial charge in [-0.3, -0.25) is 9.88 Å². The smallest absolute Gasteiger partial charge is 0.407 e. The van der Waals surface area contributed by atoms with Gasteiger partial charge in [0.25, 0.3) is 0 Å². The summed E-state index contributed by atoms with van der Waals surface area (Å²) in [5.74, 6) is 0. The van der Waals surface area contributed by atoms with Crippen LogP contribution >= 0.6 is 0 Å². The van der Waals surface area contributed by atoms with Crippen molar-refractivity contribution in [1.82, 2.24) is 14.8 Å². The monoisotopic (exact) mass is 325 g/mol. The van der Waals surface area contributed by atoms with Crippen LogP contribution in [0, 0.1) is 13.8 Å². The number of aromatic nitrogens is 1. The van der Waals surface area contributed by atoms with E-state index in [9.17, 15) is 4.79 Å². The number of benzene rings is 1. The van der Waals surface area contributed by atoms with Crippen molar-refractivity contribution in [3.05, 3.63) is 53.3 Å². The van der Waals surface area contributed by atoms with Gasteiger partial charge in [0.1, 0.15) is 0 Å². The summed E-state index contributed by atoms with van der Waals surface area (Å²) in [6.45, 7) is 7.78. The second-order valence-corrected chi connectivity index (χ2v) is 6.32. The van der Waals surface area contributed by atoms with E-state index in [1.54, 1.807) is 0 Å². The normalized spacial score (nSPS) is 15.5. The molecule has 0 aliphatic carbocycles. The molecule has 2 aromatic rings. The van der Waals surface area contributed by atoms with E-state index in [4.69, 9.17) is 5.11 Å². The highest BCUT2D eigenvalue weighted by molar-refractivity contribution is 5.67. The van der Waals surface area contributed by atoms with Gasteiger partial charge in [0.15, 0.2) is 0 Å². The third-order valence-corrected chi connectivity index (χ3v) is 4.70. The Balaban J connectivity index is 1.70. The number of carboxylic acid groups (broad SMARTS) is 1. The standard InChI is InChI=1S/C19H23N3O2/c1-14-12-16(18-4-3-7-20-15(18)2)5-6-17(14)13-21-8-10-22(11-9-21)19(23)24/h3-7,12H,8-11,13H2,1-2H3,(H,23,24). The topological polar surface area (TPSA) is 56.7 Å². The minimum atomic E-state index is -0.818. The van der Waals surface area contributed by atoms with Crippen molar-refractivity contribution < 1.29 is 9.90 Å². The molecule has 24 heavy (non-hydrogen) atoms. The number of hydrogen-bond acceptors (Lipinski definition) is 3. The number of piperazine rings is 1. The number of pyridine rings is 1. The molecule has 0 radical (unpaired) electrons. The Bertz CT molecular complexity index is 737. The van der Waals surface area contributed by atoms with Gasteiger partial charge in [-0.2, -0.15) is 0 Å². The maximum Gasteiger partial charge on any atom is 0.407 e. The average molecular weight is 325 g/mol. The van der Waals surface area contributed by atoms with E-state index in [2.05, 4.69) is 41.1 Å². The number of rotatable bonds is 3. The van der Waals surface area contributed by atoms with Crippen LogP contribution in [0.2, 0.25) is 0 Å². The quantitative estimate of drug-likeness (QED) is 0.942. The first-order chi connectivity index (χ1) is 11.5. The number of amides is 1. The third-order valence-electron chi connectivity index (χ3n) is 4.70. The third kappa shape index (κ3) is 3.57. The molecule has 2 heterocycles. The van der Waals surface area contributed by atoms with Crippen LogP contribution < -0.4 is 0 Å². The van der Waals surface area contributed by atoms with Gasteiger partial charge in [0.05, 0.1) is 0 Å². The van der Waals surface area contributed by atoms with Crippen LogP contribution in [-0.2, 0) is 6.54 Å². The molecule has 0 unspecified atom stereocenters. The predicted octanol–water partition coefficient (Wildman–Crippen LogP) is 3.16. The summed E-state index contributed by atoms with van der Waals surface area (Å²) in [5, 5.41) is 9.02. The van der Waals surface area contributed by atoms with Gasteiger partial charge in [-0.1, -0.05) is 24.3 Å². The number of aryl methyl sites for hydroxylation is 2. The van der Waals surface area contributed by atoms with E-state index in [0.717, 1.165) is 25.3 Å². The molecule has 0 bridgehead atoms. The summed E-state index contributed by atoms with van der Waals surface area (Å²) < 4.78 is 0. The summed E-state index contributed by atoms with van der Waals surface area (Å²) in [6, 6.07) is 10.6. The van der Waals surface area contributed by atoms with Crippen molar-refractivity contribution in [2.75, 3.05) is 26.2 Å². The molecule has 0 spiro atoms. The van der Waals surface area contributed by atoms with E-state index >= 15 is 0 Å². The summed E-state index contributed by atoms with van der Waals surface area (Å²) in [5.41, 5.74) is 5.95. The van der Waals surface area contributed by atoms with Crippen molar-refractivity contribution >= 4 is 6.09 Å². The van der Waals surface area contributed by atoms with E-state index in [1.165, 1.54) is 27.2 Å². The van der Waals surface area contributed by atoms with Crippen LogP contribution in [0.15, 0.2) is 36.5 Å². The van der Waals surface area contributed by atoms with E-state index in [1.807, 2.05) is 19.2 Å². The molecule has 1 N–H and O–H groups in total. The van der Waals surface area contributed by atoms with Gasteiger partial charge in [-0.05, 0) is 36.6 Å². The van der Waals surface area contributed by atoms with Gasteiger partial charge in [0.2, 0.25) is 0 Å². The summed E-state index contributed by atoms with van der Waals surface area (Å²) in [7, 11) is 0. The molecule has 1 amide bonds. The van der Waals surface area contributed by atoms with Crippen LogP contribution in [0.25, 0.3) is 11.1 Å². The molecule has 0 atom stereocenters. The second kappa shape index (κ2) is 7.01. The van der Waals surface area contributed by atoms with Crippen molar-refractivity contribution in [3.8, 4) is 11.1 Å². The number of nitrogens with zero attached hydrogens (tertiary/aromatic N) is 3. The van der Waals surface area contributed by atoms with Gasteiger partial charge in [-0.15, -0.1) is 0 Å². The first kappa shape index (κ1) is 16.5. The maximum atomic E-state index is 11.0. The van der Waals surface area contributed by atoms with Crippen LogP contribution in [0.4, 0.5) is 4.79 Å². The molecule has 1 fully saturated rings. The van der Waals surface area contributed by atoms with Crippen LogP contribution in [0.5, 0.6) is 0 Å². The zero-order chi connectivity index (χ0) is 17.1. The molecule has 1 aliphatic heterocycles. The van der Waals surface area contributed by atoms with Gasteiger partial charge < -0.3 is 10.0 Å². The van der Waals surface area contributed by atoms with Crippen molar-refractivity contribution in [3.63, 3.8) is 0 Å². The molecule has 3 rings (SSSR count). The Morgan fingerprint density at radius 2 is 1.92 bits per heavy atom. The fraction of sp³-hybridized carbons (Fsp3) is 0.368. The van der Waals surface area contributed by atoms with Crippen molar-refractivity contribution in [2.45, 2.75) is 20.4 Å². The van der Waals surface area contributed by atoms with E-state index in [0.29, 0.717) is 13.1 Å². The largest absolute Gasteiger partial charge is 0.465 e. The highest BCUT2D eigenvalue weighted by Gasteiger charge is 2.20. The molecule has 0 saturated carbocycles. The number of carbonyl (C=O) groups is 1. The van der Waals surface area contributed by atoms with Gasteiger partial charge in [0, 0.05) is 50.2 Å². The minimum Gasteiger partial charge on any atom is -0.465 e. The lowest BCUT2D eigenvalue weighted by molar-refractivity contribution is 0.103. The first-order valence-electron chi connectivity index (χ1n) is 8.26. The van der Waals surface area contributed by atoms with Crippen molar-refractivity contribution in [2.24, 2.45) is 0 Å².